The quantitative estimate of drug-likeness (QED) is 0.455. The first kappa shape index (κ1) is 23.9. The van der Waals surface area contributed by atoms with Crippen LogP contribution in [0.25, 0.3) is 0 Å². The van der Waals surface area contributed by atoms with E-state index in [2.05, 4.69) is 65.6 Å². The van der Waals surface area contributed by atoms with Crippen LogP contribution in [0.3, 0.4) is 0 Å². The van der Waals surface area contributed by atoms with Crippen molar-refractivity contribution in [3.63, 3.8) is 0 Å². The van der Waals surface area contributed by atoms with Crippen LogP contribution in [0.5, 0.6) is 0 Å². The van der Waals surface area contributed by atoms with Crippen molar-refractivity contribution in [2.24, 2.45) is 5.92 Å². The molecule has 1 unspecified atom stereocenters. The highest BCUT2D eigenvalue weighted by atomic mass is 35.5. The number of halogens is 1. The van der Waals surface area contributed by atoms with Crippen LogP contribution in [0.15, 0.2) is 83.0 Å². The molecule has 3 heteroatoms. The Kier molecular flexibility index (Phi) is 7.30. The summed E-state index contributed by atoms with van der Waals surface area (Å²) in [5.41, 5.74) is 9.45. The zero-order chi connectivity index (χ0) is 22.1. The molecule has 34 heavy (non-hydrogen) atoms. The Bertz CT molecular complexity index is 1050. The molecule has 2 heterocycles. The van der Waals surface area contributed by atoms with Crippen molar-refractivity contribution in [2.45, 2.75) is 63.4 Å². The number of piperidine rings is 1. The van der Waals surface area contributed by atoms with Crippen molar-refractivity contribution in [3.05, 3.63) is 94.1 Å². The third-order valence-corrected chi connectivity index (χ3v) is 8.67. The van der Waals surface area contributed by atoms with Gasteiger partial charge in [-0.05, 0) is 92.2 Å². The summed E-state index contributed by atoms with van der Waals surface area (Å²) in [4.78, 5) is 2.69. The minimum absolute atomic E-state index is 0. The summed E-state index contributed by atoms with van der Waals surface area (Å²) in [5, 5.41) is 0. The second kappa shape index (κ2) is 10.4. The maximum Gasteiger partial charge on any atom is 0.0958 e. The van der Waals surface area contributed by atoms with E-state index in [0.29, 0.717) is 5.92 Å². The Balaban J connectivity index is 0.00000241. The van der Waals surface area contributed by atoms with Gasteiger partial charge in [-0.2, -0.15) is 0 Å². The molecule has 2 nitrogen and oxygen atoms in total. The number of benzene rings is 1. The minimum atomic E-state index is -0.0296. The first-order chi connectivity index (χ1) is 16.3. The van der Waals surface area contributed by atoms with Crippen LogP contribution in [0, 0.1) is 5.92 Å². The van der Waals surface area contributed by atoms with Crippen molar-refractivity contribution in [2.75, 3.05) is 26.2 Å². The second-order valence-electron chi connectivity index (χ2n) is 10.5. The van der Waals surface area contributed by atoms with E-state index in [-0.39, 0.29) is 18.0 Å². The van der Waals surface area contributed by atoms with Crippen molar-refractivity contribution in [3.8, 4) is 0 Å². The summed E-state index contributed by atoms with van der Waals surface area (Å²) < 4.78 is 6.45. The molecule has 5 aliphatic rings. The van der Waals surface area contributed by atoms with Gasteiger partial charge in [0.15, 0.2) is 0 Å². The number of nitrogens with zero attached hydrogens (tertiary/aromatic N) is 1. The van der Waals surface area contributed by atoms with E-state index in [1.54, 1.807) is 22.3 Å². The lowest BCUT2D eigenvalue weighted by Crippen LogP contribution is -2.46. The number of allylic oxidation sites excluding steroid dienone is 10. The SMILES string of the molecule is C1=CCC2=CCC3=C(C=CCC3)C(CCCN3CCC4(CC3)OCCc3ccccc34)C2=C1.Cl. The number of fused-ring (bicyclic) bond motifs is 3. The maximum absolute atomic E-state index is 6.45. The van der Waals surface area contributed by atoms with Gasteiger partial charge in [0.1, 0.15) is 0 Å². The highest BCUT2D eigenvalue weighted by molar-refractivity contribution is 5.85. The van der Waals surface area contributed by atoms with Gasteiger partial charge in [-0.25, -0.2) is 0 Å². The molecule has 0 radical (unpaired) electrons. The molecule has 1 aromatic carbocycles. The predicted octanol–water partition coefficient (Wildman–Crippen LogP) is 7.23. The first-order valence-corrected chi connectivity index (χ1v) is 13.2. The summed E-state index contributed by atoms with van der Waals surface area (Å²) in [5.74, 6) is 0.583. The maximum atomic E-state index is 6.45. The van der Waals surface area contributed by atoms with Crippen LogP contribution in [0.1, 0.15) is 62.5 Å². The van der Waals surface area contributed by atoms with Crippen LogP contribution in [0.2, 0.25) is 0 Å². The number of rotatable bonds is 4. The van der Waals surface area contributed by atoms with Crippen molar-refractivity contribution in [1.82, 2.24) is 4.90 Å². The molecule has 0 bridgehead atoms. The monoisotopic (exact) mass is 475 g/mol. The lowest BCUT2D eigenvalue weighted by molar-refractivity contribution is -0.0979. The Morgan fingerprint density at radius 1 is 1.03 bits per heavy atom. The summed E-state index contributed by atoms with van der Waals surface area (Å²) in [6, 6.07) is 8.99. The van der Waals surface area contributed by atoms with E-state index in [1.165, 1.54) is 43.4 Å². The van der Waals surface area contributed by atoms with Gasteiger partial charge in [0, 0.05) is 19.0 Å². The first-order valence-electron chi connectivity index (χ1n) is 13.2. The Morgan fingerprint density at radius 2 is 1.91 bits per heavy atom. The average molecular weight is 476 g/mol. The Morgan fingerprint density at radius 3 is 2.82 bits per heavy atom. The van der Waals surface area contributed by atoms with Gasteiger partial charge in [-0.1, -0.05) is 66.3 Å². The van der Waals surface area contributed by atoms with Crippen LogP contribution in [0.4, 0.5) is 0 Å². The number of likely N-dealkylation sites (tertiary alicyclic amines) is 1. The fourth-order valence-corrected chi connectivity index (χ4v) is 6.86. The molecule has 1 atom stereocenters. The highest BCUT2D eigenvalue weighted by Crippen LogP contribution is 2.43. The molecular formula is C31H38ClNO. The predicted molar refractivity (Wildman–Crippen MR) is 143 cm³/mol. The van der Waals surface area contributed by atoms with E-state index in [9.17, 15) is 0 Å². The average Bonchev–Trinajstić information content (AvgIpc) is 3.03. The fourth-order valence-electron chi connectivity index (χ4n) is 6.86. The van der Waals surface area contributed by atoms with E-state index in [4.69, 9.17) is 4.74 Å². The topological polar surface area (TPSA) is 12.5 Å². The fraction of sp³-hybridized carbons (Fsp3) is 0.484. The zero-order valence-electron chi connectivity index (χ0n) is 20.3. The number of hydrogen-bond acceptors (Lipinski definition) is 2. The van der Waals surface area contributed by atoms with Gasteiger partial charge in [0.25, 0.3) is 0 Å². The molecule has 0 aromatic heterocycles. The molecule has 1 aromatic rings. The van der Waals surface area contributed by atoms with E-state index in [0.717, 1.165) is 51.8 Å². The standard InChI is InChI=1S/C31H37NO.ClH/c1-4-11-27-24(8-1)15-16-25-9-2-5-12-28(25)29(27)13-7-20-32-21-18-31(19-22-32)30-14-6-3-10-26(30)17-23-33-31;/h1,3-6,10-12,14-15,29H,2,7-9,13,16-23H2;1H. The van der Waals surface area contributed by atoms with Crippen molar-refractivity contribution >= 4 is 12.4 Å². The molecule has 3 aliphatic carbocycles. The molecule has 0 amide bonds. The molecular weight excluding hydrogens is 438 g/mol. The van der Waals surface area contributed by atoms with Crippen LogP contribution < -0.4 is 0 Å². The van der Waals surface area contributed by atoms with Crippen molar-refractivity contribution in [1.29, 1.82) is 0 Å². The van der Waals surface area contributed by atoms with Gasteiger partial charge < -0.3 is 9.64 Å². The number of ether oxygens (including phenoxy) is 1. The van der Waals surface area contributed by atoms with E-state index >= 15 is 0 Å². The Labute approximate surface area is 211 Å². The minimum Gasteiger partial charge on any atom is -0.370 e. The summed E-state index contributed by atoms with van der Waals surface area (Å²) in [7, 11) is 0. The summed E-state index contributed by atoms with van der Waals surface area (Å²) in [6.45, 7) is 4.40. The van der Waals surface area contributed by atoms with Gasteiger partial charge in [0.2, 0.25) is 0 Å². The highest BCUT2D eigenvalue weighted by Gasteiger charge is 2.40. The third kappa shape index (κ3) is 4.53. The van der Waals surface area contributed by atoms with E-state index < -0.39 is 0 Å². The molecule has 180 valence electrons. The molecule has 1 fully saturated rings. The van der Waals surface area contributed by atoms with Crippen LogP contribution in [-0.4, -0.2) is 31.1 Å². The van der Waals surface area contributed by atoms with Gasteiger partial charge in [0.05, 0.1) is 12.2 Å². The molecule has 6 rings (SSSR count). The van der Waals surface area contributed by atoms with Gasteiger partial charge in [-0.15, -0.1) is 12.4 Å². The largest absolute Gasteiger partial charge is 0.370 e. The molecule has 0 N–H and O–H groups in total. The van der Waals surface area contributed by atoms with E-state index in [1.807, 2.05) is 0 Å². The normalized spacial score (nSPS) is 25.5. The lowest BCUT2D eigenvalue weighted by Gasteiger charge is -2.45. The van der Waals surface area contributed by atoms with Gasteiger partial charge >= 0.3 is 0 Å². The second-order valence-corrected chi connectivity index (χ2v) is 10.5. The lowest BCUT2D eigenvalue weighted by atomic mass is 9.78. The Hall–Kier alpha value is -1.87. The molecule has 0 saturated carbocycles. The zero-order valence-corrected chi connectivity index (χ0v) is 21.1. The van der Waals surface area contributed by atoms with Crippen LogP contribution >= 0.6 is 12.4 Å². The summed E-state index contributed by atoms with van der Waals surface area (Å²) in [6.07, 6.45) is 25.0. The summed E-state index contributed by atoms with van der Waals surface area (Å²) >= 11 is 0. The third-order valence-electron chi connectivity index (χ3n) is 8.67. The smallest absolute Gasteiger partial charge is 0.0958 e. The van der Waals surface area contributed by atoms with Crippen molar-refractivity contribution < 1.29 is 4.74 Å². The number of hydrogen-bond donors (Lipinski definition) is 0. The molecule has 2 aliphatic heterocycles. The van der Waals surface area contributed by atoms with Gasteiger partial charge in [-0.3, -0.25) is 0 Å². The molecule has 1 spiro atoms. The molecule has 1 saturated heterocycles. The van der Waals surface area contributed by atoms with Crippen LogP contribution in [-0.2, 0) is 16.8 Å².